The first-order valence-corrected chi connectivity index (χ1v) is 12.6. The number of nitrogens with zero attached hydrogens (tertiary/aromatic N) is 5. The smallest absolute Gasteiger partial charge is 0.155 e. The van der Waals surface area contributed by atoms with E-state index in [1.165, 1.54) is 5.70 Å². The van der Waals surface area contributed by atoms with Crippen molar-refractivity contribution < 1.29 is 9.90 Å². The van der Waals surface area contributed by atoms with Crippen LogP contribution in [0.25, 0.3) is 11.0 Å². The highest BCUT2D eigenvalue weighted by Gasteiger charge is 2.26. The van der Waals surface area contributed by atoms with E-state index in [1.54, 1.807) is 6.08 Å². The number of carbonyl (C=O) groups excluding carboxylic acids is 1. The molecule has 1 saturated heterocycles. The van der Waals surface area contributed by atoms with E-state index in [2.05, 4.69) is 52.0 Å². The number of imidazole rings is 1. The maximum absolute atomic E-state index is 11.4. The Morgan fingerprint density at radius 3 is 2.88 bits per heavy atom. The van der Waals surface area contributed by atoms with E-state index < -0.39 is 0 Å². The Morgan fingerprint density at radius 2 is 2.18 bits per heavy atom. The highest BCUT2D eigenvalue weighted by molar-refractivity contribution is 7.51. The number of allylic oxidation sites excluding steroid dienone is 2. The average molecular weight is 488 g/mol. The standard InChI is InChI=1S/C24H31ClN5O2P/c1-17-13-30-15-19(12-21(25)24(30)26-17)22(6-10-31)33-23-5-4-20(16-27(23)3)29-8-7-28(9-11-32)18(2)14-29/h4-6,10,12-13,15-16,18,23,32-33H,7-9,11,14H2,1-3H3/b22-6-/t18-,23?/m0/s1. The SMILES string of the molecule is Cc1cn2cc(/C(=C/C=O)PC3C=CC(N4CCN(CCO)[C@@H](C)C4)=CN3C)cc(Cl)c2n1. The van der Waals surface area contributed by atoms with Crippen LogP contribution in [-0.4, -0.2) is 87.1 Å². The van der Waals surface area contributed by atoms with E-state index in [0.717, 1.165) is 54.7 Å². The molecule has 2 aliphatic heterocycles. The molecule has 0 aromatic carbocycles. The van der Waals surface area contributed by atoms with Crippen LogP contribution in [0.15, 0.2) is 48.6 Å². The van der Waals surface area contributed by atoms with Gasteiger partial charge in [-0.15, -0.1) is 0 Å². The number of piperazine rings is 1. The van der Waals surface area contributed by atoms with Crippen LogP contribution >= 0.6 is 20.2 Å². The van der Waals surface area contributed by atoms with Gasteiger partial charge in [-0.05, 0) is 37.4 Å². The predicted octanol–water partition coefficient (Wildman–Crippen LogP) is 3.18. The van der Waals surface area contributed by atoms with E-state index >= 15 is 0 Å². The van der Waals surface area contributed by atoms with E-state index in [-0.39, 0.29) is 12.4 Å². The molecule has 4 rings (SSSR count). The van der Waals surface area contributed by atoms with Gasteiger partial charge in [-0.3, -0.25) is 9.69 Å². The first-order valence-electron chi connectivity index (χ1n) is 11.2. The van der Waals surface area contributed by atoms with Gasteiger partial charge in [0, 0.05) is 63.4 Å². The van der Waals surface area contributed by atoms with Crippen molar-refractivity contribution in [2.24, 2.45) is 0 Å². The van der Waals surface area contributed by atoms with Crippen molar-refractivity contribution in [3.05, 3.63) is 64.9 Å². The molecular formula is C24H31ClN5O2P. The number of likely N-dealkylation sites (N-methyl/N-ethyl adjacent to an activating group) is 1. The molecule has 0 amide bonds. The maximum atomic E-state index is 11.4. The molecule has 0 aliphatic carbocycles. The Balaban J connectivity index is 1.48. The lowest BCUT2D eigenvalue weighted by atomic mass is 10.1. The van der Waals surface area contributed by atoms with Crippen molar-refractivity contribution >= 4 is 37.4 Å². The van der Waals surface area contributed by atoms with Gasteiger partial charge in [0.1, 0.15) is 6.29 Å². The van der Waals surface area contributed by atoms with Crippen LogP contribution in [0.1, 0.15) is 18.2 Å². The third-order valence-corrected chi connectivity index (χ3v) is 8.16. The van der Waals surface area contributed by atoms with Crippen molar-refractivity contribution in [2.45, 2.75) is 25.7 Å². The zero-order valence-electron chi connectivity index (χ0n) is 19.3. The van der Waals surface area contributed by atoms with Crippen molar-refractivity contribution in [2.75, 3.05) is 39.8 Å². The van der Waals surface area contributed by atoms with Crippen LogP contribution in [0.5, 0.6) is 0 Å². The van der Waals surface area contributed by atoms with Crippen LogP contribution in [0.2, 0.25) is 5.02 Å². The largest absolute Gasteiger partial charge is 0.395 e. The first kappa shape index (κ1) is 24.0. The number of fused-ring (bicyclic) bond motifs is 1. The summed E-state index contributed by atoms with van der Waals surface area (Å²) in [6.45, 7) is 7.91. The van der Waals surface area contributed by atoms with Gasteiger partial charge in [-0.1, -0.05) is 26.3 Å². The normalized spacial score (nSPS) is 22.6. The van der Waals surface area contributed by atoms with Gasteiger partial charge in [0.05, 0.1) is 28.8 Å². The number of rotatable bonds is 7. The summed E-state index contributed by atoms with van der Waals surface area (Å²) in [6.07, 6.45) is 13.0. The van der Waals surface area contributed by atoms with Crippen molar-refractivity contribution in [1.29, 1.82) is 0 Å². The van der Waals surface area contributed by atoms with Gasteiger partial charge in [-0.25, -0.2) is 4.98 Å². The lowest BCUT2D eigenvalue weighted by molar-refractivity contribution is -0.104. The Labute approximate surface area is 201 Å². The molecule has 0 saturated carbocycles. The van der Waals surface area contributed by atoms with E-state index in [0.29, 0.717) is 19.6 Å². The molecule has 3 atom stereocenters. The molecule has 176 valence electrons. The topological polar surface area (TPSA) is 64.3 Å². The predicted molar refractivity (Wildman–Crippen MR) is 136 cm³/mol. The van der Waals surface area contributed by atoms with Gasteiger partial charge in [0.2, 0.25) is 0 Å². The third kappa shape index (κ3) is 5.33. The van der Waals surface area contributed by atoms with E-state index in [9.17, 15) is 9.90 Å². The number of hydrogen-bond donors (Lipinski definition) is 1. The lowest BCUT2D eigenvalue weighted by Gasteiger charge is -2.42. The molecule has 0 spiro atoms. The van der Waals surface area contributed by atoms with Crippen molar-refractivity contribution in [3.8, 4) is 0 Å². The number of hydrogen-bond acceptors (Lipinski definition) is 6. The Bertz CT molecular complexity index is 1110. The number of aldehydes is 1. The van der Waals surface area contributed by atoms with Gasteiger partial charge in [-0.2, -0.15) is 0 Å². The highest BCUT2D eigenvalue weighted by Crippen LogP contribution is 2.41. The average Bonchev–Trinajstić information content (AvgIpc) is 3.17. The van der Waals surface area contributed by atoms with Gasteiger partial charge in [0.25, 0.3) is 0 Å². The molecule has 2 aromatic rings. The molecule has 2 aromatic heterocycles. The molecule has 2 aliphatic rings. The number of pyridine rings is 1. The summed E-state index contributed by atoms with van der Waals surface area (Å²) < 4.78 is 1.92. The van der Waals surface area contributed by atoms with Gasteiger partial charge in [0.15, 0.2) is 5.65 Å². The second-order valence-corrected chi connectivity index (χ2v) is 10.5. The zero-order chi connectivity index (χ0) is 23.5. The van der Waals surface area contributed by atoms with Gasteiger partial charge < -0.3 is 19.3 Å². The maximum Gasteiger partial charge on any atom is 0.155 e. The Kier molecular flexibility index (Phi) is 7.55. The summed E-state index contributed by atoms with van der Waals surface area (Å²) in [6, 6.07) is 2.30. The molecule has 2 unspecified atom stereocenters. The van der Waals surface area contributed by atoms with E-state index in [1.807, 2.05) is 29.8 Å². The van der Waals surface area contributed by atoms with Crippen molar-refractivity contribution in [1.82, 2.24) is 24.1 Å². The second-order valence-electron chi connectivity index (χ2n) is 8.63. The van der Waals surface area contributed by atoms with Crippen LogP contribution < -0.4 is 0 Å². The van der Waals surface area contributed by atoms with Crippen LogP contribution in [-0.2, 0) is 4.79 Å². The number of aryl methyl sites for hydroxylation is 1. The lowest BCUT2D eigenvalue weighted by Crippen LogP contribution is -2.52. The quantitative estimate of drug-likeness (QED) is 0.368. The molecule has 1 fully saturated rings. The minimum Gasteiger partial charge on any atom is -0.395 e. The van der Waals surface area contributed by atoms with Crippen LogP contribution in [0, 0.1) is 6.92 Å². The summed E-state index contributed by atoms with van der Waals surface area (Å²) in [5.74, 6) is 0.159. The summed E-state index contributed by atoms with van der Waals surface area (Å²) in [4.78, 5) is 22.8. The number of halogens is 1. The number of aliphatic hydroxyl groups excluding tert-OH is 1. The first-order chi connectivity index (χ1) is 15.9. The molecule has 9 heteroatoms. The number of aromatic nitrogens is 2. The third-order valence-electron chi connectivity index (χ3n) is 6.22. The van der Waals surface area contributed by atoms with Crippen LogP contribution in [0.3, 0.4) is 0 Å². The minimum atomic E-state index is 0.159. The molecule has 7 nitrogen and oxygen atoms in total. The summed E-state index contributed by atoms with van der Waals surface area (Å²) in [5.41, 5.74) is 3.76. The van der Waals surface area contributed by atoms with Crippen molar-refractivity contribution in [3.63, 3.8) is 0 Å². The number of β-amino-alcohol motifs (C(OH)–C–C–N with tert-alkyl or cyclic N) is 1. The fourth-order valence-corrected chi connectivity index (χ4v) is 5.98. The molecule has 4 heterocycles. The van der Waals surface area contributed by atoms with Crippen LogP contribution in [0.4, 0.5) is 0 Å². The summed E-state index contributed by atoms with van der Waals surface area (Å²) >= 11 is 6.49. The van der Waals surface area contributed by atoms with E-state index in [4.69, 9.17) is 11.6 Å². The fraction of sp³-hybridized carbons (Fsp3) is 0.417. The Hall–Kier alpha value is -2.18. The molecule has 0 bridgehead atoms. The molecule has 1 N–H and O–H groups in total. The molecule has 33 heavy (non-hydrogen) atoms. The molecule has 0 radical (unpaired) electrons. The zero-order valence-corrected chi connectivity index (χ0v) is 21.0. The van der Waals surface area contributed by atoms with Gasteiger partial charge >= 0.3 is 0 Å². The monoisotopic (exact) mass is 487 g/mol. The minimum absolute atomic E-state index is 0.159. The molecular weight excluding hydrogens is 457 g/mol. The fourth-order valence-electron chi connectivity index (χ4n) is 4.47. The Morgan fingerprint density at radius 1 is 1.36 bits per heavy atom. The number of carbonyl (C=O) groups is 1. The number of aliphatic hydroxyl groups is 1. The summed E-state index contributed by atoms with van der Waals surface area (Å²) in [5, 5.41) is 10.8. The highest BCUT2D eigenvalue weighted by atomic mass is 35.5. The second kappa shape index (κ2) is 10.4. The summed E-state index contributed by atoms with van der Waals surface area (Å²) in [7, 11) is 2.46.